The molecule has 138 valence electrons. The predicted molar refractivity (Wildman–Crippen MR) is 96.9 cm³/mol. The predicted octanol–water partition coefficient (Wildman–Crippen LogP) is 4.19. The Morgan fingerprint density at radius 2 is 2.12 bits per heavy atom. The van der Waals surface area contributed by atoms with Crippen LogP contribution in [0.1, 0.15) is 19.2 Å². The van der Waals surface area contributed by atoms with Crippen molar-refractivity contribution < 1.29 is 17.2 Å². The number of aromatic nitrogens is 2. The molecule has 0 radical (unpaired) electrons. The number of halogens is 2. The fourth-order valence-electron chi connectivity index (χ4n) is 2.29. The monoisotopic (exact) mass is 415 g/mol. The van der Waals surface area contributed by atoms with Gasteiger partial charge in [0.1, 0.15) is 5.82 Å². The van der Waals surface area contributed by atoms with Crippen molar-refractivity contribution in [2.45, 2.75) is 24.8 Å². The number of sulfonamides is 1. The van der Waals surface area contributed by atoms with Gasteiger partial charge in [-0.15, -0.1) is 21.5 Å². The number of hydrogen-bond donors (Lipinski definition) is 0. The largest absolute Gasteiger partial charge is 0.418 e. The molecular formula is C16H15ClFN3O3S2. The molecule has 0 spiro atoms. The lowest BCUT2D eigenvalue weighted by atomic mass is 10.3. The first-order valence-corrected chi connectivity index (χ1v) is 10.4. The van der Waals surface area contributed by atoms with Gasteiger partial charge in [0.05, 0.1) is 21.3 Å². The minimum absolute atomic E-state index is 0.0798. The average molecular weight is 416 g/mol. The van der Waals surface area contributed by atoms with Crippen LogP contribution in [0.5, 0.6) is 0 Å². The van der Waals surface area contributed by atoms with E-state index in [0.29, 0.717) is 12.3 Å². The van der Waals surface area contributed by atoms with Gasteiger partial charge in [0.15, 0.2) is 0 Å². The van der Waals surface area contributed by atoms with Gasteiger partial charge < -0.3 is 4.42 Å². The molecule has 6 nitrogen and oxygen atoms in total. The van der Waals surface area contributed by atoms with E-state index < -0.39 is 15.8 Å². The summed E-state index contributed by atoms with van der Waals surface area (Å²) in [6.07, 6.45) is 0.583. The summed E-state index contributed by atoms with van der Waals surface area (Å²) in [5, 5.41) is 9.52. The highest BCUT2D eigenvalue weighted by atomic mass is 35.5. The standard InChI is InChI=1S/C16H15ClFN3O3S2/c1-2-7-21(26(22,23)11-5-6-13(18)12(17)9-11)10-15-19-20-16(24-15)14-4-3-8-25-14/h3-6,8-9H,2,7,10H2,1H3. The third kappa shape index (κ3) is 3.96. The maximum atomic E-state index is 13.3. The molecule has 0 aliphatic carbocycles. The Morgan fingerprint density at radius 3 is 2.77 bits per heavy atom. The van der Waals surface area contributed by atoms with Crippen molar-refractivity contribution in [1.82, 2.24) is 14.5 Å². The Hall–Kier alpha value is -1.81. The zero-order chi connectivity index (χ0) is 18.7. The zero-order valence-corrected chi connectivity index (χ0v) is 16.1. The highest BCUT2D eigenvalue weighted by molar-refractivity contribution is 7.89. The van der Waals surface area contributed by atoms with Gasteiger partial charge in [0, 0.05) is 6.54 Å². The number of benzene rings is 1. The van der Waals surface area contributed by atoms with Crippen molar-refractivity contribution in [2.75, 3.05) is 6.54 Å². The van der Waals surface area contributed by atoms with Crippen LogP contribution in [0.3, 0.4) is 0 Å². The van der Waals surface area contributed by atoms with Crippen LogP contribution in [0.2, 0.25) is 5.02 Å². The number of hydrogen-bond acceptors (Lipinski definition) is 6. The van der Waals surface area contributed by atoms with Crippen molar-refractivity contribution in [2.24, 2.45) is 0 Å². The molecule has 10 heteroatoms. The van der Waals surface area contributed by atoms with E-state index in [1.807, 2.05) is 24.4 Å². The molecule has 0 fully saturated rings. The Labute approximate surface area is 159 Å². The fraction of sp³-hybridized carbons (Fsp3) is 0.250. The van der Waals surface area contributed by atoms with E-state index in [2.05, 4.69) is 10.2 Å². The van der Waals surface area contributed by atoms with Gasteiger partial charge in [-0.05, 0) is 36.1 Å². The van der Waals surface area contributed by atoms with Crippen LogP contribution in [-0.2, 0) is 16.6 Å². The average Bonchev–Trinajstić information content (AvgIpc) is 3.28. The molecule has 0 unspecified atom stereocenters. The van der Waals surface area contributed by atoms with Gasteiger partial charge in [-0.1, -0.05) is 24.6 Å². The molecule has 0 saturated heterocycles. The summed E-state index contributed by atoms with van der Waals surface area (Å²) in [7, 11) is -3.89. The van der Waals surface area contributed by atoms with Crippen molar-refractivity contribution >= 4 is 33.0 Å². The summed E-state index contributed by atoms with van der Waals surface area (Å²) in [5.41, 5.74) is 0. The van der Waals surface area contributed by atoms with Crippen molar-refractivity contribution in [1.29, 1.82) is 0 Å². The highest BCUT2D eigenvalue weighted by Gasteiger charge is 2.27. The second-order valence-corrected chi connectivity index (χ2v) is 8.69. The molecule has 0 aliphatic rings. The summed E-state index contributed by atoms with van der Waals surface area (Å²) in [6, 6.07) is 7.00. The van der Waals surface area contributed by atoms with Gasteiger partial charge in [0.2, 0.25) is 15.9 Å². The highest BCUT2D eigenvalue weighted by Crippen LogP contribution is 2.26. The summed E-state index contributed by atoms with van der Waals surface area (Å²) in [4.78, 5) is 0.717. The topological polar surface area (TPSA) is 76.3 Å². The van der Waals surface area contributed by atoms with E-state index in [9.17, 15) is 12.8 Å². The van der Waals surface area contributed by atoms with Crippen molar-refractivity contribution in [3.8, 4) is 10.8 Å². The van der Waals surface area contributed by atoms with Crippen LogP contribution in [0.15, 0.2) is 45.0 Å². The normalized spacial score (nSPS) is 12.0. The van der Waals surface area contributed by atoms with Crippen LogP contribution < -0.4 is 0 Å². The van der Waals surface area contributed by atoms with E-state index in [4.69, 9.17) is 16.0 Å². The number of thiophene rings is 1. The molecule has 0 atom stereocenters. The smallest absolute Gasteiger partial charge is 0.257 e. The third-order valence-electron chi connectivity index (χ3n) is 3.51. The zero-order valence-electron chi connectivity index (χ0n) is 13.7. The molecule has 1 aromatic carbocycles. The molecule has 3 aromatic rings. The van der Waals surface area contributed by atoms with E-state index in [1.54, 1.807) is 0 Å². The number of nitrogens with zero attached hydrogens (tertiary/aromatic N) is 3. The fourth-order valence-corrected chi connectivity index (χ4v) is 4.69. The molecule has 0 bridgehead atoms. The third-order valence-corrected chi connectivity index (χ3v) is 6.50. The SMILES string of the molecule is CCCN(Cc1nnc(-c2cccs2)o1)S(=O)(=O)c1ccc(F)c(Cl)c1. The second kappa shape index (κ2) is 7.83. The summed E-state index contributed by atoms with van der Waals surface area (Å²) >= 11 is 7.17. The van der Waals surface area contributed by atoms with Gasteiger partial charge in [-0.2, -0.15) is 4.31 Å². The Kier molecular flexibility index (Phi) is 5.71. The molecule has 3 rings (SSSR count). The van der Waals surface area contributed by atoms with Gasteiger partial charge >= 0.3 is 0 Å². The van der Waals surface area contributed by atoms with Crippen LogP contribution in [0.4, 0.5) is 4.39 Å². The molecule has 0 amide bonds. The lowest BCUT2D eigenvalue weighted by molar-refractivity contribution is 0.357. The van der Waals surface area contributed by atoms with Crippen molar-refractivity contribution in [3.05, 3.63) is 52.4 Å². The first kappa shape index (κ1) is 19.0. The quantitative estimate of drug-likeness (QED) is 0.578. The lowest BCUT2D eigenvalue weighted by Gasteiger charge is -2.20. The Balaban J connectivity index is 1.87. The van der Waals surface area contributed by atoms with Gasteiger partial charge in [-0.25, -0.2) is 12.8 Å². The Bertz CT molecular complexity index is 990. The van der Waals surface area contributed by atoms with Crippen LogP contribution >= 0.6 is 22.9 Å². The van der Waals surface area contributed by atoms with Crippen LogP contribution in [-0.4, -0.2) is 29.5 Å². The summed E-state index contributed by atoms with van der Waals surface area (Å²) in [5.74, 6) is -0.155. The maximum Gasteiger partial charge on any atom is 0.257 e. The molecule has 0 saturated carbocycles. The lowest BCUT2D eigenvalue weighted by Crippen LogP contribution is -2.31. The Morgan fingerprint density at radius 1 is 1.31 bits per heavy atom. The summed E-state index contributed by atoms with van der Waals surface area (Å²) < 4.78 is 45.9. The molecular weight excluding hydrogens is 401 g/mol. The first-order valence-electron chi connectivity index (χ1n) is 7.73. The minimum atomic E-state index is -3.89. The molecule has 2 aromatic heterocycles. The van der Waals surface area contributed by atoms with Crippen LogP contribution in [0.25, 0.3) is 10.8 Å². The maximum absolute atomic E-state index is 13.3. The van der Waals surface area contributed by atoms with E-state index in [0.717, 1.165) is 17.0 Å². The van der Waals surface area contributed by atoms with E-state index >= 15 is 0 Å². The summed E-state index contributed by atoms with van der Waals surface area (Å²) in [6.45, 7) is 2.02. The minimum Gasteiger partial charge on any atom is -0.418 e. The second-order valence-electron chi connectivity index (χ2n) is 5.39. The van der Waals surface area contributed by atoms with Crippen molar-refractivity contribution in [3.63, 3.8) is 0 Å². The molecule has 0 aliphatic heterocycles. The van der Waals surface area contributed by atoms with E-state index in [-0.39, 0.29) is 28.9 Å². The van der Waals surface area contributed by atoms with E-state index in [1.165, 1.54) is 21.7 Å². The van der Waals surface area contributed by atoms with Crippen LogP contribution in [0, 0.1) is 5.82 Å². The molecule has 26 heavy (non-hydrogen) atoms. The first-order chi connectivity index (χ1) is 12.4. The van der Waals surface area contributed by atoms with Gasteiger partial charge in [0.25, 0.3) is 5.89 Å². The molecule has 2 heterocycles. The molecule has 0 N–H and O–H groups in total. The van der Waals surface area contributed by atoms with Gasteiger partial charge in [-0.3, -0.25) is 0 Å². The number of rotatable bonds is 7.